The Morgan fingerprint density at radius 3 is 2.20 bits per heavy atom. The van der Waals surface area contributed by atoms with Crippen LogP contribution in [0.15, 0.2) is 30.3 Å². The van der Waals surface area contributed by atoms with Crippen LogP contribution in [-0.2, 0) is 0 Å². The first kappa shape index (κ1) is 15.0. The first-order valence-electron chi connectivity index (χ1n) is 5.30. The second kappa shape index (κ2) is 5.91. The fourth-order valence-electron chi connectivity index (χ4n) is 1.47. The Kier molecular flexibility index (Phi) is 4.42. The van der Waals surface area contributed by atoms with E-state index in [1.807, 2.05) is 0 Å². The molecular weight excluding hydrogens is 327 g/mol. The molecule has 0 saturated heterocycles. The van der Waals surface area contributed by atoms with E-state index in [4.69, 9.17) is 33.7 Å². The molecule has 0 fully saturated rings. The molecule has 0 radical (unpaired) electrons. The minimum atomic E-state index is -0.932. The van der Waals surface area contributed by atoms with E-state index in [-0.39, 0.29) is 21.3 Å². The quantitative estimate of drug-likeness (QED) is 0.827. The van der Waals surface area contributed by atoms with Crippen molar-refractivity contribution in [3.8, 4) is 11.5 Å². The van der Waals surface area contributed by atoms with Crippen LogP contribution in [0.3, 0.4) is 0 Å². The largest absolute Gasteiger partial charge is 0.450 e. The predicted octanol–water partition coefficient (Wildman–Crippen LogP) is 4.70. The highest BCUT2D eigenvalue weighted by Crippen LogP contribution is 2.34. The van der Waals surface area contributed by atoms with E-state index in [0.717, 1.165) is 12.1 Å². The molecule has 2 aromatic carbocycles. The van der Waals surface area contributed by atoms with Crippen molar-refractivity contribution in [1.29, 1.82) is 0 Å². The van der Waals surface area contributed by atoms with Crippen molar-refractivity contribution in [3.05, 3.63) is 57.6 Å². The van der Waals surface area contributed by atoms with Crippen LogP contribution >= 0.6 is 35.4 Å². The van der Waals surface area contributed by atoms with Crippen molar-refractivity contribution in [2.75, 3.05) is 0 Å². The number of benzene rings is 2. The lowest BCUT2D eigenvalue weighted by molar-refractivity contribution is 0.407. The predicted molar refractivity (Wildman–Crippen MR) is 78.8 cm³/mol. The van der Waals surface area contributed by atoms with Crippen molar-refractivity contribution in [3.63, 3.8) is 0 Å². The third-order valence-electron chi connectivity index (χ3n) is 2.39. The van der Waals surface area contributed by atoms with E-state index in [2.05, 4.69) is 12.2 Å². The summed E-state index contributed by atoms with van der Waals surface area (Å²) in [6.07, 6.45) is 0. The summed E-state index contributed by atoms with van der Waals surface area (Å²) < 4.78 is 32.8. The van der Waals surface area contributed by atoms with Gasteiger partial charge in [-0.15, -0.1) is 0 Å². The third-order valence-corrected chi connectivity index (χ3v) is 3.15. The number of halogens is 4. The molecule has 0 unspecified atom stereocenters. The Bertz CT molecular complexity index is 671. The van der Waals surface area contributed by atoms with Crippen molar-refractivity contribution >= 4 is 40.4 Å². The van der Waals surface area contributed by atoms with E-state index in [9.17, 15) is 8.78 Å². The Morgan fingerprint density at radius 2 is 1.70 bits per heavy atom. The zero-order chi connectivity index (χ0) is 14.9. The second-order valence-corrected chi connectivity index (χ2v) is 5.09. The molecular formula is C13H7Cl2F2NOS. The molecule has 0 saturated carbocycles. The first-order valence-corrected chi connectivity index (χ1v) is 6.46. The van der Waals surface area contributed by atoms with Gasteiger partial charge in [-0.2, -0.15) is 0 Å². The molecule has 0 aliphatic rings. The second-order valence-electron chi connectivity index (χ2n) is 3.81. The molecule has 0 bridgehead atoms. The lowest BCUT2D eigenvalue weighted by atomic mass is 10.2. The van der Waals surface area contributed by atoms with Gasteiger partial charge >= 0.3 is 0 Å². The molecule has 0 heterocycles. The summed E-state index contributed by atoms with van der Waals surface area (Å²) in [6, 6.07) is 6.28. The number of hydrogen-bond acceptors (Lipinski definition) is 2. The van der Waals surface area contributed by atoms with Gasteiger partial charge in [0.15, 0.2) is 17.4 Å². The maximum Gasteiger partial charge on any atom is 0.198 e. The maximum atomic E-state index is 13.8. The van der Waals surface area contributed by atoms with Crippen molar-refractivity contribution in [2.45, 2.75) is 0 Å². The summed E-state index contributed by atoms with van der Waals surface area (Å²) in [7, 11) is 0. The minimum Gasteiger partial charge on any atom is -0.450 e. The SMILES string of the molecule is NC(=S)c1cc(F)c(Oc2ccc(Cl)cc2Cl)c(F)c1. The van der Waals surface area contributed by atoms with Crippen molar-refractivity contribution in [2.24, 2.45) is 5.73 Å². The summed E-state index contributed by atoms with van der Waals surface area (Å²) in [6.45, 7) is 0. The van der Waals surface area contributed by atoms with E-state index >= 15 is 0 Å². The fraction of sp³-hybridized carbons (Fsp3) is 0. The van der Waals surface area contributed by atoms with Gasteiger partial charge in [-0.3, -0.25) is 0 Å². The lowest BCUT2D eigenvalue weighted by Gasteiger charge is -2.10. The van der Waals surface area contributed by atoms with Gasteiger partial charge in [0, 0.05) is 10.6 Å². The first-order chi connectivity index (χ1) is 9.38. The standard InChI is InChI=1S/C13H7Cl2F2NOS/c14-7-1-2-11(8(15)5-7)19-12-9(16)3-6(13(18)20)4-10(12)17/h1-5H,(H2,18,20). The summed E-state index contributed by atoms with van der Waals surface area (Å²) in [4.78, 5) is -0.112. The summed E-state index contributed by atoms with van der Waals surface area (Å²) in [5.74, 6) is -2.37. The third kappa shape index (κ3) is 3.17. The lowest BCUT2D eigenvalue weighted by Crippen LogP contribution is -2.10. The topological polar surface area (TPSA) is 35.2 Å². The average molecular weight is 334 g/mol. The van der Waals surface area contributed by atoms with Gasteiger partial charge in [0.05, 0.1) is 5.02 Å². The summed E-state index contributed by atoms with van der Waals surface area (Å²) in [5.41, 5.74) is 5.39. The Hall–Kier alpha value is -1.43. The molecule has 0 aromatic heterocycles. The summed E-state index contributed by atoms with van der Waals surface area (Å²) in [5, 5.41) is 0.516. The van der Waals surface area contributed by atoms with Crippen LogP contribution < -0.4 is 10.5 Å². The number of rotatable bonds is 3. The van der Waals surface area contributed by atoms with Gasteiger partial charge < -0.3 is 10.5 Å². The molecule has 0 amide bonds. The molecule has 2 N–H and O–H groups in total. The van der Waals surface area contributed by atoms with Gasteiger partial charge in [0.1, 0.15) is 10.7 Å². The molecule has 0 aliphatic carbocycles. The van der Waals surface area contributed by atoms with Crippen LogP contribution in [0.4, 0.5) is 8.78 Å². The Labute approximate surface area is 129 Å². The van der Waals surface area contributed by atoms with Gasteiger partial charge in [0.2, 0.25) is 0 Å². The highest BCUT2D eigenvalue weighted by molar-refractivity contribution is 7.80. The molecule has 2 aromatic rings. The highest BCUT2D eigenvalue weighted by Gasteiger charge is 2.16. The Morgan fingerprint density at radius 1 is 1.10 bits per heavy atom. The molecule has 2 nitrogen and oxygen atoms in total. The Balaban J connectivity index is 2.41. The molecule has 0 spiro atoms. The summed E-state index contributed by atoms with van der Waals surface area (Å²) >= 11 is 16.2. The van der Waals surface area contributed by atoms with Crippen LogP contribution in [0.2, 0.25) is 10.0 Å². The van der Waals surface area contributed by atoms with Gasteiger partial charge in [-0.05, 0) is 30.3 Å². The highest BCUT2D eigenvalue weighted by atomic mass is 35.5. The number of nitrogens with two attached hydrogens (primary N) is 1. The van der Waals surface area contributed by atoms with Crippen molar-refractivity contribution in [1.82, 2.24) is 0 Å². The van der Waals surface area contributed by atoms with Gasteiger partial charge in [-0.25, -0.2) is 8.78 Å². The van der Waals surface area contributed by atoms with E-state index in [1.54, 1.807) is 0 Å². The van der Waals surface area contributed by atoms with Gasteiger partial charge in [0.25, 0.3) is 0 Å². The monoisotopic (exact) mass is 333 g/mol. The van der Waals surface area contributed by atoms with E-state index in [0.29, 0.717) is 5.02 Å². The van der Waals surface area contributed by atoms with Crippen molar-refractivity contribution < 1.29 is 13.5 Å². The minimum absolute atomic E-state index is 0.0737. The molecule has 0 aliphatic heterocycles. The van der Waals surface area contributed by atoms with E-state index in [1.165, 1.54) is 18.2 Å². The van der Waals surface area contributed by atoms with Crippen LogP contribution in [0.5, 0.6) is 11.5 Å². The van der Waals surface area contributed by atoms with Gasteiger partial charge in [-0.1, -0.05) is 35.4 Å². The molecule has 20 heavy (non-hydrogen) atoms. The zero-order valence-electron chi connectivity index (χ0n) is 9.79. The average Bonchev–Trinajstić information content (AvgIpc) is 2.35. The number of hydrogen-bond donors (Lipinski definition) is 1. The molecule has 0 atom stereocenters. The zero-order valence-corrected chi connectivity index (χ0v) is 12.1. The van der Waals surface area contributed by atoms with Crippen LogP contribution in [0, 0.1) is 11.6 Å². The molecule has 7 heteroatoms. The molecule has 2 rings (SSSR count). The fourth-order valence-corrected chi connectivity index (χ4v) is 2.03. The van der Waals surface area contributed by atoms with E-state index < -0.39 is 17.4 Å². The smallest absolute Gasteiger partial charge is 0.198 e. The normalized spacial score (nSPS) is 10.4. The van der Waals surface area contributed by atoms with Crippen LogP contribution in [-0.4, -0.2) is 4.99 Å². The number of thiocarbonyl (C=S) groups is 1. The maximum absolute atomic E-state index is 13.8. The molecule has 104 valence electrons. The number of ether oxygens (including phenoxy) is 1. The van der Waals surface area contributed by atoms with Crippen LogP contribution in [0.1, 0.15) is 5.56 Å². The van der Waals surface area contributed by atoms with Crippen LogP contribution in [0.25, 0.3) is 0 Å².